The van der Waals surface area contributed by atoms with E-state index in [1.807, 2.05) is 12.1 Å². The molecule has 5 nitrogen and oxygen atoms in total. The molecule has 0 atom stereocenters. The summed E-state index contributed by atoms with van der Waals surface area (Å²) in [6.45, 7) is 0.152. The lowest BCUT2D eigenvalue weighted by Gasteiger charge is -2.07. The number of pyridine rings is 1. The monoisotopic (exact) mass is 401 g/mol. The van der Waals surface area contributed by atoms with Gasteiger partial charge in [-0.25, -0.2) is 13.5 Å². The molecule has 1 aliphatic heterocycles. The lowest BCUT2D eigenvalue weighted by atomic mass is 10.1. The third-order valence-corrected chi connectivity index (χ3v) is 5.17. The zero-order valence-electron chi connectivity index (χ0n) is 15.5. The predicted octanol–water partition coefficient (Wildman–Crippen LogP) is 5.25. The van der Waals surface area contributed by atoms with Gasteiger partial charge >= 0.3 is 0 Å². The highest BCUT2D eigenvalue weighted by molar-refractivity contribution is 6.09. The third kappa shape index (κ3) is 2.52. The molecule has 3 heterocycles. The highest BCUT2D eigenvalue weighted by Gasteiger charge is 2.21. The number of rotatable bonds is 2. The van der Waals surface area contributed by atoms with Crippen LogP contribution in [0.2, 0.25) is 0 Å². The van der Waals surface area contributed by atoms with E-state index in [0.717, 1.165) is 21.9 Å². The van der Waals surface area contributed by atoms with Crippen molar-refractivity contribution in [2.45, 2.75) is 0 Å². The van der Waals surface area contributed by atoms with Crippen molar-refractivity contribution >= 4 is 21.8 Å². The number of aromatic nitrogens is 3. The maximum absolute atomic E-state index is 14.0. The van der Waals surface area contributed by atoms with Crippen LogP contribution in [0.4, 0.5) is 8.78 Å². The smallest absolute Gasteiger partial charge is 0.231 e. The van der Waals surface area contributed by atoms with Crippen molar-refractivity contribution < 1.29 is 18.3 Å². The van der Waals surface area contributed by atoms with Gasteiger partial charge in [-0.1, -0.05) is 6.07 Å². The van der Waals surface area contributed by atoms with Gasteiger partial charge in [-0.15, -0.1) is 0 Å². The number of ether oxygens (including phenoxy) is 2. The first-order valence-electron chi connectivity index (χ1n) is 9.30. The first kappa shape index (κ1) is 16.9. The van der Waals surface area contributed by atoms with E-state index in [4.69, 9.17) is 14.6 Å². The summed E-state index contributed by atoms with van der Waals surface area (Å²) in [6, 6.07) is 16.0. The second-order valence-electron chi connectivity index (χ2n) is 6.99. The summed E-state index contributed by atoms with van der Waals surface area (Å²) in [5.41, 5.74) is 3.39. The van der Waals surface area contributed by atoms with Crippen LogP contribution in [0.15, 0.2) is 66.9 Å². The van der Waals surface area contributed by atoms with E-state index in [-0.39, 0.29) is 18.4 Å². The molecule has 0 saturated heterocycles. The second-order valence-corrected chi connectivity index (χ2v) is 6.99. The summed E-state index contributed by atoms with van der Waals surface area (Å²) in [5.74, 6) is 0.552. The van der Waals surface area contributed by atoms with Gasteiger partial charge < -0.3 is 9.47 Å². The average Bonchev–Trinajstić information content (AvgIpc) is 3.37. The minimum atomic E-state index is -0.365. The molecule has 0 amide bonds. The van der Waals surface area contributed by atoms with Gasteiger partial charge in [-0.05, 0) is 48.5 Å². The van der Waals surface area contributed by atoms with Gasteiger partial charge in [-0.2, -0.15) is 5.10 Å². The Bertz CT molecular complexity index is 1450. The number of halogens is 2. The van der Waals surface area contributed by atoms with Crippen molar-refractivity contribution in [1.82, 2.24) is 14.8 Å². The Morgan fingerprint density at radius 1 is 0.833 bits per heavy atom. The summed E-state index contributed by atoms with van der Waals surface area (Å²) in [5, 5.41) is 6.31. The lowest BCUT2D eigenvalue weighted by Crippen LogP contribution is -1.98. The molecule has 0 unspecified atom stereocenters. The molecule has 146 valence electrons. The molecule has 0 fully saturated rings. The van der Waals surface area contributed by atoms with E-state index < -0.39 is 0 Å². The lowest BCUT2D eigenvalue weighted by molar-refractivity contribution is 0.174. The Balaban J connectivity index is 1.72. The minimum Gasteiger partial charge on any atom is -0.454 e. The average molecular weight is 401 g/mol. The molecule has 0 saturated carbocycles. The van der Waals surface area contributed by atoms with Crippen LogP contribution < -0.4 is 9.47 Å². The van der Waals surface area contributed by atoms with Crippen LogP contribution in [0, 0.1) is 11.6 Å². The van der Waals surface area contributed by atoms with Crippen LogP contribution in [0.3, 0.4) is 0 Å². The number of hydrogen-bond acceptors (Lipinski definition) is 4. The van der Waals surface area contributed by atoms with Crippen LogP contribution in [0.1, 0.15) is 0 Å². The van der Waals surface area contributed by atoms with Gasteiger partial charge in [-0.3, -0.25) is 4.98 Å². The van der Waals surface area contributed by atoms with E-state index in [2.05, 4.69) is 4.98 Å². The fourth-order valence-corrected chi connectivity index (χ4v) is 3.79. The molecular weight excluding hydrogens is 388 g/mol. The van der Waals surface area contributed by atoms with Crippen molar-refractivity contribution in [2.24, 2.45) is 0 Å². The molecule has 2 aromatic heterocycles. The molecule has 7 heteroatoms. The van der Waals surface area contributed by atoms with E-state index in [9.17, 15) is 8.78 Å². The van der Waals surface area contributed by atoms with E-state index >= 15 is 0 Å². The van der Waals surface area contributed by atoms with Crippen LogP contribution in [0.25, 0.3) is 38.8 Å². The number of nitrogens with zero attached hydrogens (tertiary/aromatic N) is 3. The second kappa shape index (κ2) is 6.25. The summed E-state index contributed by atoms with van der Waals surface area (Å²) in [4.78, 5) is 4.58. The van der Waals surface area contributed by atoms with E-state index in [0.29, 0.717) is 28.4 Å². The van der Waals surface area contributed by atoms with Crippen LogP contribution in [0.5, 0.6) is 11.5 Å². The van der Waals surface area contributed by atoms with E-state index in [1.54, 1.807) is 35.1 Å². The zero-order chi connectivity index (χ0) is 20.2. The minimum absolute atomic E-state index is 0.152. The number of hydrogen-bond donors (Lipinski definition) is 0. The standard InChI is InChI=1S/C23H13F2N3O2/c24-14-6-4-13(5-7-14)22-18-11-26-19-10-21-20(29-12-30-21)9-17(19)23(18)28(27-22)16-3-1-2-15(25)8-16/h1-11H,12H2. The Hall–Kier alpha value is -4.00. The maximum Gasteiger partial charge on any atom is 0.231 e. The summed E-state index contributed by atoms with van der Waals surface area (Å²) >= 11 is 0. The van der Waals surface area contributed by atoms with Crippen molar-refractivity contribution in [2.75, 3.05) is 6.79 Å². The van der Waals surface area contributed by atoms with Gasteiger partial charge in [0.05, 0.1) is 16.7 Å². The van der Waals surface area contributed by atoms with Crippen molar-refractivity contribution in [1.29, 1.82) is 0 Å². The topological polar surface area (TPSA) is 49.2 Å². The quantitative estimate of drug-likeness (QED) is 0.406. The first-order valence-corrected chi connectivity index (χ1v) is 9.30. The molecule has 0 radical (unpaired) electrons. The molecule has 5 aromatic rings. The Kier molecular flexibility index (Phi) is 3.52. The molecule has 30 heavy (non-hydrogen) atoms. The van der Waals surface area contributed by atoms with Crippen LogP contribution in [-0.2, 0) is 0 Å². The Morgan fingerprint density at radius 2 is 1.63 bits per heavy atom. The van der Waals surface area contributed by atoms with Gasteiger partial charge in [0.1, 0.15) is 17.3 Å². The van der Waals surface area contributed by atoms with Crippen molar-refractivity contribution in [3.05, 3.63) is 78.5 Å². The molecule has 0 aliphatic carbocycles. The fourth-order valence-electron chi connectivity index (χ4n) is 3.79. The fraction of sp³-hybridized carbons (Fsp3) is 0.0435. The Morgan fingerprint density at radius 3 is 2.43 bits per heavy atom. The molecule has 1 aliphatic rings. The third-order valence-electron chi connectivity index (χ3n) is 5.17. The van der Waals surface area contributed by atoms with E-state index in [1.165, 1.54) is 24.3 Å². The highest BCUT2D eigenvalue weighted by Crippen LogP contribution is 2.40. The van der Waals surface area contributed by atoms with Gasteiger partial charge in [0.25, 0.3) is 0 Å². The SMILES string of the molecule is Fc1ccc(-c2nn(-c3cccc(F)c3)c3c2cnc2cc4c(cc23)OCO4)cc1. The van der Waals surface area contributed by atoms with Gasteiger partial charge in [0.2, 0.25) is 6.79 Å². The predicted molar refractivity (Wildman–Crippen MR) is 108 cm³/mol. The highest BCUT2D eigenvalue weighted by atomic mass is 19.1. The molecule has 0 bridgehead atoms. The number of fused-ring (bicyclic) bond motifs is 4. The molecular formula is C23H13F2N3O2. The van der Waals surface area contributed by atoms with Crippen molar-refractivity contribution in [3.63, 3.8) is 0 Å². The molecule has 6 rings (SSSR count). The normalized spacial score (nSPS) is 12.7. The van der Waals surface area contributed by atoms with Crippen LogP contribution in [-0.4, -0.2) is 21.6 Å². The zero-order valence-corrected chi connectivity index (χ0v) is 15.5. The largest absolute Gasteiger partial charge is 0.454 e. The summed E-state index contributed by atoms with van der Waals surface area (Å²) in [7, 11) is 0. The summed E-state index contributed by atoms with van der Waals surface area (Å²) < 4.78 is 40.1. The van der Waals surface area contributed by atoms with Crippen LogP contribution >= 0.6 is 0 Å². The van der Waals surface area contributed by atoms with Gasteiger partial charge in [0.15, 0.2) is 11.5 Å². The Labute approximate surface area is 169 Å². The van der Waals surface area contributed by atoms with Gasteiger partial charge in [0, 0.05) is 28.6 Å². The first-order chi connectivity index (χ1) is 14.7. The number of benzene rings is 3. The molecule has 0 N–H and O–H groups in total. The maximum atomic E-state index is 14.0. The van der Waals surface area contributed by atoms with Crippen molar-refractivity contribution in [3.8, 4) is 28.4 Å². The summed E-state index contributed by atoms with van der Waals surface area (Å²) in [6.07, 6.45) is 1.72. The molecule has 3 aromatic carbocycles. The molecule has 0 spiro atoms.